The number of amides is 1. The fraction of sp³-hybridized carbons (Fsp3) is 0.100. The molecule has 3 rings (SSSR count). The Balaban J connectivity index is 1.69. The van der Waals surface area contributed by atoms with Crippen molar-refractivity contribution in [1.29, 1.82) is 0 Å². The second-order valence-corrected chi connectivity index (χ2v) is 5.83. The molecule has 2 N–H and O–H groups in total. The van der Waals surface area contributed by atoms with Crippen LogP contribution in [0.5, 0.6) is 0 Å². The molecule has 0 aliphatic heterocycles. The minimum Gasteiger partial charge on any atom is -0.548 e. The molecule has 0 unspecified atom stereocenters. The van der Waals surface area contributed by atoms with Crippen molar-refractivity contribution in [2.75, 3.05) is 0 Å². The number of carbonyl (C=O) groups is 2. The first-order chi connectivity index (χ1) is 12.5. The first kappa shape index (κ1) is 17.4. The molecular weight excluding hydrogens is 335 g/mol. The highest BCUT2D eigenvalue weighted by Gasteiger charge is 2.15. The number of aliphatic carboxylic acids is 1. The molecule has 0 fully saturated rings. The molecule has 26 heavy (non-hydrogen) atoms. The summed E-state index contributed by atoms with van der Waals surface area (Å²) in [4.78, 5) is 26.5. The minimum atomic E-state index is -1.36. The van der Waals surface area contributed by atoms with Gasteiger partial charge in [-0.1, -0.05) is 30.3 Å². The lowest BCUT2D eigenvalue weighted by molar-refractivity contribution is -0.308. The average Bonchev–Trinajstić information content (AvgIpc) is 3.04. The predicted octanol–water partition coefficient (Wildman–Crippen LogP) is 1.80. The van der Waals surface area contributed by atoms with Crippen LogP contribution >= 0.6 is 0 Å². The van der Waals surface area contributed by atoms with Crippen LogP contribution in [0.25, 0.3) is 17.0 Å². The Morgan fingerprint density at radius 2 is 1.88 bits per heavy atom. The molecule has 132 valence electrons. The van der Waals surface area contributed by atoms with Gasteiger partial charge in [-0.25, -0.2) is 4.39 Å². The van der Waals surface area contributed by atoms with Crippen molar-refractivity contribution in [3.63, 3.8) is 0 Å². The number of carbonyl (C=O) groups excluding carboxylic acids is 2. The number of nitrogens with one attached hydrogen (secondary N) is 2. The van der Waals surface area contributed by atoms with E-state index in [0.29, 0.717) is 5.56 Å². The van der Waals surface area contributed by atoms with Crippen LogP contribution in [-0.4, -0.2) is 22.9 Å². The van der Waals surface area contributed by atoms with Gasteiger partial charge in [0.05, 0.1) is 12.0 Å². The number of benzene rings is 2. The van der Waals surface area contributed by atoms with Crippen LogP contribution in [0.2, 0.25) is 0 Å². The van der Waals surface area contributed by atoms with Crippen molar-refractivity contribution < 1.29 is 19.1 Å². The molecule has 0 bridgehead atoms. The number of fused-ring (bicyclic) bond motifs is 1. The number of hydrogen-bond donors (Lipinski definition) is 2. The molecule has 0 radical (unpaired) electrons. The third-order valence-corrected chi connectivity index (χ3v) is 4.00. The molecule has 0 saturated heterocycles. The number of carboxylic acid groups (broad SMARTS) is 1. The van der Waals surface area contributed by atoms with Gasteiger partial charge in [0.15, 0.2) is 0 Å². The van der Waals surface area contributed by atoms with Gasteiger partial charge in [0, 0.05) is 29.6 Å². The standard InChI is InChI=1S/C20H17FN2O3/c21-15-8-5-13(6-9-15)7-10-19(24)23-18(20(25)26)11-14-12-22-17-4-2-1-3-16(14)17/h1-10,12,18,22H,11H2,(H,23,24)(H,25,26)/p-1/b10-7+/t18-/m0/s1. The Morgan fingerprint density at radius 1 is 1.15 bits per heavy atom. The third-order valence-electron chi connectivity index (χ3n) is 4.00. The van der Waals surface area contributed by atoms with E-state index < -0.39 is 17.9 Å². The Kier molecular flexibility index (Phi) is 5.12. The lowest BCUT2D eigenvalue weighted by Crippen LogP contribution is -2.48. The van der Waals surface area contributed by atoms with Crippen LogP contribution in [0.4, 0.5) is 4.39 Å². The predicted molar refractivity (Wildman–Crippen MR) is 94.4 cm³/mol. The maximum Gasteiger partial charge on any atom is 0.244 e. The summed E-state index contributed by atoms with van der Waals surface area (Å²) in [6.45, 7) is 0. The Bertz CT molecular complexity index is 961. The monoisotopic (exact) mass is 351 g/mol. The highest BCUT2D eigenvalue weighted by molar-refractivity contribution is 5.94. The minimum absolute atomic E-state index is 0.0997. The summed E-state index contributed by atoms with van der Waals surface area (Å²) in [6, 6.07) is 11.9. The maximum absolute atomic E-state index is 12.9. The molecule has 0 aliphatic carbocycles. The number of aromatic amines is 1. The summed E-state index contributed by atoms with van der Waals surface area (Å²) in [7, 11) is 0. The van der Waals surface area contributed by atoms with Gasteiger partial charge < -0.3 is 20.2 Å². The summed E-state index contributed by atoms with van der Waals surface area (Å²) in [5.41, 5.74) is 2.29. The van der Waals surface area contributed by atoms with E-state index in [1.54, 1.807) is 6.20 Å². The van der Waals surface area contributed by atoms with E-state index in [0.717, 1.165) is 16.5 Å². The molecule has 0 aliphatic rings. The van der Waals surface area contributed by atoms with Gasteiger partial charge in [-0.2, -0.15) is 0 Å². The van der Waals surface area contributed by atoms with Crippen LogP contribution in [0, 0.1) is 5.82 Å². The van der Waals surface area contributed by atoms with Gasteiger partial charge in [0.25, 0.3) is 0 Å². The largest absolute Gasteiger partial charge is 0.548 e. The molecule has 1 atom stereocenters. The second kappa shape index (κ2) is 7.65. The molecule has 5 nitrogen and oxygen atoms in total. The topological polar surface area (TPSA) is 85.0 Å². The maximum atomic E-state index is 12.9. The Labute approximate surface area is 149 Å². The normalized spacial score (nSPS) is 12.3. The highest BCUT2D eigenvalue weighted by atomic mass is 19.1. The lowest BCUT2D eigenvalue weighted by atomic mass is 10.0. The molecule has 1 heterocycles. The lowest BCUT2D eigenvalue weighted by Gasteiger charge is -2.18. The van der Waals surface area contributed by atoms with E-state index in [-0.39, 0.29) is 12.2 Å². The number of halogens is 1. The van der Waals surface area contributed by atoms with Gasteiger partial charge >= 0.3 is 0 Å². The Hall–Kier alpha value is -3.41. The van der Waals surface area contributed by atoms with Crippen molar-refractivity contribution in [2.45, 2.75) is 12.5 Å². The Morgan fingerprint density at radius 3 is 2.62 bits per heavy atom. The molecule has 1 amide bonds. The number of H-pyrrole nitrogens is 1. The zero-order valence-corrected chi connectivity index (χ0v) is 13.7. The summed E-state index contributed by atoms with van der Waals surface area (Å²) in [6.07, 6.45) is 4.51. The van der Waals surface area contributed by atoms with E-state index in [1.807, 2.05) is 24.3 Å². The van der Waals surface area contributed by atoms with Crippen molar-refractivity contribution in [3.05, 3.63) is 77.7 Å². The second-order valence-electron chi connectivity index (χ2n) is 5.83. The molecule has 6 heteroatoms. The van der Waals surface area contributed by atoms with Gasteiger partial charge in [0.1, 0.15) is 5.82 Å². The van der Waals surface area contributed by atoms with E-state index >= 15 is 0 Å². The van der Waals surface area contributed by atoms with E-state index in [4.69, 9.17) is 0 Å². The van der Waals surface area contributed by atoms with Crippen LogP contribution in [0.3, 0.4) is 0 Å². The van der Waals surface area contributed by atoms with Crippen LogP contribution in [0.15, 0.2) is 60.8 Å². The third kappa shape index (κ3) is 4.16. The fourth-order valence-electron chi connectivity index (χ4n) is 2.68. The van der Waals surface area contributed by atoms with Gasteiger partial charge in [-0.15, -0.1) is 0 Å². The van der Waals surface area contributed by atoms with Crippen molar-refractivity contribution in [2.24, 2.45) is 0 Å². The van der Waals surface area contributed by atoms with Crippen LogP contribution in [-0.2, 0) is 16.0 Å². The highest BCUT2D eigenvalue weighted by Crippen LogP contribution is 2.19. The van der Waals surface area contributed by atoms with Crippen molar-refractivity contribution in [1.82, 2.24) is 10.3 Å². The molecule has 2 aromatic carbocycles. The molecular formula is C20H16FN2O3-. The van der Waals surface area contributed by atoms with Gasteiger partial charge in [-0.05, 0) is 35.4 Å². The van der Waals surface area contributed by atoms with E-state index in [2.05, 4.69) is 10.3 Å². The number of para-hydroxylation sites is 1. The van der Waals surface area contributed by atoms with Gasteiger partial charge in [0.2, 0.25) is 5.91 Å². The number of hydrogen-bond acceptors (Lipinski definition) is 3. The first-order valence-corrected chi connectivity index (χ1v) is 8.03. The summed E-state index contributed by atoms with van der Waals surface area (Å²) in [5, 5.41) is 14.7. The summed E-state index contributed by atoms with van der Waals surface area (Å²) in [5.74, 6) is -2.30. The van der Waals surface area contributed by atoms with Crippen molar-refractivity contribution >= 4 is 28.9 Å². The molecule has 1 aromatic heterocycles. The smallest absolute Gasteiger partial charge is 0.244 e. The summed E-state index contributed by atoms with van der Waals surface area (Å²) >= 11 is 0. The number of rotatable bonds is 6. The molecule has 3 aromatic rings. The first-order valence-electron chi connectivity index (χ1n) is 8.03. The number of carboxylic acids is 1. The molecule has 0 spiro atoms. The summed E-state index contributed by atoms with van der Waals surface area (Å²) < 4.78 is 12.9. The SMILES string of the molecule is O=C(/C=C/c1ccc(F)cc1)N[C@@H](Cc1c[nH]c2ccccc12)C(=O)[O-]. The average molecular weight is 351 g/mol. The zero-order chi connectivity index (χ0) is 18.5. The number of aromatic nitrogens is 1. The van der Waals surface area contributed by atoms with Crippen LogP contribution < -0.4 is 10.4 Å². The zero-order valence-electron chi connectivity index (χ0n) is 13.7. The van der Waals surface area contributed by atoms with E-state index in [9.17, 15) is 19.1 Å². The van der Waals surface area contributed by atoms with Gasteiger partial charge in [-0.3, -0.25) is 4.79 Å². The quantitative estimate of drug-likeness (QED) is 0.664. The van der Waals surface area contributed by atoms with Crippen LogP contribution in [0.1, 0.15) is 11.1 Å². The fourth-order valence-corrected chi connectivity index (χ4v) is 2.68. The van der Waals surface area contributed by atoms with E-state index in [1.165, 1.54) is 36.4 Å². The molecule has 0 saturated carbocycles. The van der Waals surface area contributed by atoms with Crippen molar-refractivity contribution in [3.8, 4) is 0 Å².